The first-order valence-electron chi connectivity index (χ1n) is 7.35. The van der Waals surface area contributed by atoms with E-state index in [4.69, 9.17) is 4.74 Å². The second-order valence-corrected chi connectivity index (χ2v) is 7.32. The van der Waals surface area contributed by atoms with Crippen LogP contribution < -0.4 is 0 Å². The van der Waals surface area contributed by atoms with Crippen LogP contribution in [-0.2, 0) is 4.74 Å². The Balaban J connectivity index is 3.52. The van der Waals surface area contributed by atoms with E-state index in [2.05, 4.69) is 41.5 Å². The highest BCUT2D eigenvalue weighted by Gasteiger charge is 2.24. The second-order valence-electron chi connectivity index (χ2n) is 7.32. The lowest BCUT2D eigenvalue weighted by Gasteiger charge is -2.32. The lowest BCUT2D eigenvalue weighted by atomic mass is 9.75. The summed E-state index contributed by atoms with van der Waals surface area (Å²) in [5.74, 6) is 0. The lowest BCUT2D eigenvalue weighted by molar-refractivity contribution is 0.0855. The first-order chi connectivity index (χ1) is 7.77. The van der Waals surface area contributed by atoms with E-state index in [1.165, 1.54) is 38.5 Å². The van der Waals surface area contributed by atoms with Crippen LogP contribution in [0.15, 0.2) is 0 Å². The third-order valence-electron chi connectivity index (χ3n) is 3.07. The van der Waals surface area contributed by atoms with Crippen LogP contribution in [-0.4, -0.2) is 13.2 Å². The van der Waals surface area contributed by atoms with Gasteiger partial charge in [0.2, 0.25) is 0 Å². The van der Waals surface area contributed by atoms with E-state index in [1.54, 1.807) is 0 Å². The quantitative estimate of drug-likeness (QED) is 0.489. The largest absolute Gasteiger partial charge is 0.381 e. The minimum atomic E-state index is 0.404. The molecule has 0 aliphatic carbocycles. The van der Waals surface area contributed by atoms with Gasteiger partial charge in [-0.15, -0.1) is 0 Å². The molecule has 0 amide bonds. The number of ether oxygens (including phenoxy) is 1. The van der Waals surface area contributed by atoms with E-state index in [1.807, 2.05) is 0 Å². The van der Waals surface area contributed by atoms with E-state index in [-0.39, 0.29) is 0 Å². The maximum Gasteiger partial charge on any atom is 0.0471 e. The molecule has 17 heavy (non-hydrogen) atoms. The molecule has 0 spiro atoms. The molecule has 0 atom stereocenters. The molecule has 0 fully saturated rings. The van der Waals surface area contributed by atoms with Gasteiger partial charge in [0.15, 0.2) is 0 Å². The van der Waals surface area contributed by atoms with Gasteiger partial charge >= 0.3 is 0 Å². The van der Waals surface area contributed by atoms with Crippen molar-refractivity contribution >= 4 is 0 Å². The Morgan fingerprint density at radius 2 is 1.47 bits per heavy atom. The fraction of sp³-hybridized carbons (Fsp3) is 1.00. The van der Waals surface area contributed by atoms with E-state index < -0.39 is 0 Å². The molecule has 0 rings (SSSR count). The van der Waals surface area contributed by atoms with E-state index >= 15 is 0 Å². The third kappa shape index (κ3) is 12.2. The zero-order valence-corrected chi connectivity index (χ0v) is 13.1. The fourth-order valence-electron chi connectivity index (χ4n) is 2.61. The van der Waals surface area contributed by atoms with Gasteiger partial charge in [0, 0.05) is 13.2 Å². The van der Waals surface area contributed by atoms with Crippen LogP contribution in [0.25, 0.3) is 0 Å². The average molecular weight is 242 g/mol. The van der Waals surface area contributed by atoms with Crippen molar-refractivity contribution in [1.82, 2.24) is 0 Å². The standard InChI is InChI=1S/C16H34O/c1-7-8-9-10-12-17-13-11-16(5,6)14-15(2,3)4/h7-14H2,1-6H3. The van der Waals surface area contributed by atoms with Crippen molar-refractivity contribution in [2.24, 2.45) is 10.8 Å². The summed E-state index contributed by atoms with van der Waals surface area (Å²) < 4.78 is 5.73. The van der Waals surface area contributed by atoms with Gasteiger partial charge in [-0.3, -0.25) is 0 Å². The number of hydrogen-bond donors (Lipinski definition) is 0. The van der Waals surface area contributed by atoms with Crippen LogP contribution in [0.4, 0.5) is 0 Å². The van der Waals surface area contributed by atoms with Gasteiger partial charge in [0.25, 0.3) is 0 Å². The zero-order valence-electron chi connectivity index (χ0n) is 13.1. The average Bonchev–Trinajstić information content (AvgIpc) is 2.12. The van der Waals surface area contributed by atoms with Crippen LogP contribution in [0, 0.1) is 10.8 Å². The maximum atomic E-state index is 5.73. The molecule has 0 radical (unpaired) electrons. The number of unbranched alkanes of at least 4 members (excludes halogenated alkanes) is 3. The third-order valence-corrected chi connectivity index (χ3v) is 3.07. The fourth-order valence-corrected chi connectivity index (χ4v) is 2.61. The molecule has 0 heterocycles. The number of hydrogen-bond acceptors (Lipinski definition) is 1. The SMILES string of the molecule is CCCCCCOCCC(C)(C)CC(C)(C)C. The molecule has 0 saturated carbocycles. The molecule has 1 nitrogen and oxygen atoms in total. The summed E-state index contributed by atoms with van der Waals surface area (Å²) in [6.07, 6.45) is 7.64. The van der Waals surface area contributed by atoms with Gasteiger partial charge in [0.05, 0.1) is 0 Å². The van der Waals surface area contributed by atoms with Gasteiger partial charge in [-0.1, -0.05) is 60.8 Å². The lowest BCUT2D eigenvalue weighted by Crippen LogP contribution is -2.22. The Kier molecular flexibility index (Phi) is 8.11. The molecule has 104 valence electrons. The minimum absolute atomic E-state index is 0.404. The molecule has 0 N–H and O–H groups in total. The van der Waals surface area contributed by atoms with Crippen LogP contribution in [0.1, 0.15) is 80.1 Å². The van der Waals surface area contributed by atoms with E-state index in [9.17, 15) is 0 Å². The highest BCUT2D eigenvalue weighted by Crippen LogP contribution is 2.35. The number of rotatable bonds is 9. The Morgan fingerprint density at radius 3 is 2.00 bits per heavy atom. The van der Waals surface area contributed by atoms with Gasteiger partial charge in [-0.25, -0.2) is 0 Å². The maximum absolute atomic E-state index is 5.73. The normalized spacial score (nSPS) is 13.1. The molecule has 0 bridgehead atoms. The van der Waals surface area contributed by atoms with Crippen molar-refractivity contribution in [3.8, 4) is 0 Å². The summed E-state index contributed by atoms with van der Waals surface area (Å²) >= 11 is 0. The predicted molar refractivity (Wildman–Crippen MR) is 77.4 cm³/mol. The van der Waals surface area contributed by atoms with Crippen LogP contribution in [0.2, 0.25) is 0 Å². The van der Waals surface area contributed by atoms with Crippen LogP contribution in [0.5, 0.6) is 0 Å². The van der Waals surface area contributed by atoms with Crippen LogP contribution in [0.3, 0.4) is 0 Å². The Bertz CT molecular complexity index is 176. The topological polar surface area (TPSA) is 9.23 Å². The van der Waals surface area contributed by atoms with Gasteiger partial charge < -0.3 is 4.74 Å². The molecule has 0 aromatic carbocycles. The summed E-state index contributed by atoms with van der Waals surface area (Å²) in [5, 5.41) is 0. The molecule has 0 aliphatic rings. The van der Waals surface area contributed by atoms with Crippen molar-refractivity contribution in [2.45, 2.75) is 80.1 Å². The summed E-state index contributed by atoms with van der Waals surface area (Å²) in [5.41, 5.74) is 0.826. The van der Waals surface area contributed by atoms with Gasteiger partial charge in [-0.2, -0.15) is 0 Å². The minimum Gasteiger partial charge on any atom is -0.381 e. The Hall–Kier alpha value is -0.0400. The van der Waals surface area contributed by atoms with Crippen LogP contribution >= 0.6 is 0 Å². The molecule has 1 heteroatoms. The molecular formula is C16H34O. The summed E-state index contributed by atoms with van der Waals surface area (Å²) in [6.45, 7) is 15.8. The molecular weight excluding hydrogens is 208 g/mol. The summed E-state index contributed by atoms with van der Waals surface area (Å²) in [6, 6.07) is 0. The van der Waals surface area contributed by atoms with Crippen molar-refractivity contribution in [2.75, 3.05) is 13.2 Å². The van der Waals surface area contributed by atoms with E-state index in [0.29, 0.717) is 10.8 Å². The Morgan fingerprint density at radius 1 is 0.824 bits per heavy atom. The van der Waals surface area contributed by atoms with Gasteiger partial charge in [-0.05, 0) is 30.1 Å². The summed E-state index contributed by atoms with van der Waals surface area (Å²) in [4.78, 5) is 0. The van der Waals surface area contributed by atoms with Crippen molar-refractivity contribution in [3.05, 3.63) is 0 Å². The molecule has 0 aromatic rings. The monoisotopic (exact) mass is 242 g/mol. The van der Waals surface area contributed by atoms with Crippen molar-refractivity contribution in [1.29, 1.82) is 0 Å². The molecule has 0 saturated heterocycles. The van der Waals surface area contributed by atoms with Crippen molar-refractivity contribution < 1.29 is 4.74 Å². The second kappa shape index (κ2) is 8.13. The molecule has 0 aliphatic heterocycles. The van der Waals surface area contributed by atoms with E-state index in [0.717, 1.165) is 13.2 Å². The molecule has 0 aromatic heterocycles. The first kappa shape index (κ1) is 17.0. The predicted octanol–water partition coefficient (Wildman–Crippen LogP) is 5.44. The first-order valence-corrected chi connectivity index (χ1v) is 7.35. The Labute approximate surface area is 109 Å². The van der Waals surface area contributed by atoms with Gasteiger partial charge in [0.1, 0.15) is 0 Å². The zero-order chi connectivity index (χ0) is 13.4. The highest BCUT2D eigenvalue weighted by atomic mass is 16.5. The summed E-state index contributed by atoms with van der Waals surface area (Å²) in [7, 11) is 0. The smallest absolute Gasteiger partial charge is 0.0471 e. The van der Waals surface area contributed by atoms with Crippen molar-refractivity contribution in [3.63, 3.8) is 0 Å². The highest BCUT2D eigenvalue weighted by molar-refractivity contribution is 4.76. The molecule has 0 unspecified atom stereocenters.